The smallest absolute Gasteiger partial charge is 0.330 e. The van der Waals surface area contributed by atoms with E-state index in [0.717, 1.165) is 10.2 Å². The lowest BCUT2D eigenvalue weighted by Crippen LogP contribution is -2.45. The number of benzene rings is 1. The fraction of sp³-hybridized carbons (Fsp3) is 0.333. The number of amides is 1. The minimum atomic E-state index is -0.745. The summed E-state index contributed by atoms with van der Waals surface area (Å²) < 4.78 is 5.39. The number of hydrogen-bond acceptors (Lipinski definition) is 4. The molecule has 1 atom stereocenters. The molecule has 0 radical (unpaired) electrons. The predicted octanol–water partition coefficient (Wildman–Crippen LogP) is 2.19. The summed E-state index contributed by atoms with van der Waals surface area (Å²) in [5.41, 5.74) is 0.767. The third kappa shape index (κ3) is 5.08. The first kappa shape index (κ1) is 15.8. The van der Waals surface area contributed by atoms with Crippen LogP contribution in [0, 0.1) is 0 Å². The summed E-state index contributed by atoms with van der Waals surface area (Å²) in [6.07, 6.45) is 0. The molecule has 0 saturated heterocycles. The Bertz CT molecular complexity index is 482. The molecule has 19 heavy (non-hydrogen) atoms. The van der Waals surface area contributed by atoms with Crippen molar-refractivity contribution in [3.63, 3.8) is 0 Å². The highest BCUT2D eigenvalue weighted by molar-refractivity contribution is 9.10. The lowest BCUT2D eigenvalue weighted by molar-refractivity contribution is -0.144. The van der Waals surface area contributed by atoms with Crippen LogP contribution in [0.4, 0.5) is 5.69 Å². The fourth-order valence-corrected chi connectivity index (χ4v) is 2.25. The first-order chi connectivity index (χ1) is 8.93. The van der Waals surface area contributed by atoms with Gasteiger partial charge in [0, 0.05) is 28.7 Å². The maximum Gasteiger partial charge on any atom is 0.330 e. The molecule has 1 aromatic rings. The highest BCUT2D eigenvalue weighted by Crippen LogP contribution is 2.25. The minimum Gasteiger partial charge on any atom is -0.467 e. The van der Waals surface area contributed by atoms with Gasteiger partial charge in [0.05, 0.1) is 7.11 Å². The summed E-state index contributed by atoms with van der Waals surface area (Å²) in [4.78, 5) is 22.5. The van der Waals surface area contributed by atoms with Gasteiger partial charge in [-0.1, -0.05) is 11.6 Å². The van der Waals surface area contributed by atoms with E-state index < -0.39 is 12.0 Å². The Morgan fingerprint density at radius 3 is 2.68 bits per heavy atom. The van der Waals surface area contributed by atoms with Gasteiger partial charge in [-0.3, -0.25) is 4.79 Å². The molecule has 0 bridgehead atoms. The van der Waals surface area contributed by atoms with E-state index in [1.165, 1.54) is 14.0 Å². The quantitative estimate of drug-likeness (QED) is 0.800. The van der Waals surface area contributed by atoms with Crippen LogP contribution in [0.5, 0.6) is 0 Å². The molecule has 1 rings (SSSR count). The van der Waals surface area contributed by atoms with E-state index in [9.17, 15) is 9.59 Å². The van der Waals surface area contributed by atoms with Crippen LogP contribution in [0.2, 0.25) is 5.02 Å². The molecule has 104 valence electrons. The monoisotopic (exact) mass is 348 g/mol. The number of esters is 1. The van der Waals surface area contributed by atoms with Crippen LogP contribution in [0.1, 0.15) is 6.92 Å². The van der Waals surface area contributed by atoms with E-state index in [4.69, 9.17) is 11.6 Å². The molecule has 0 spiro atoms. The predicted molar refractivity (Wildman–Crippen MR) is 77.3 cm³/mol. The van der Waals surface area contributed by atoms with Crippen LogP contribution in [0.15, 0.2) is 22.7 Å². The van der Waals surface area contributed by atoms with Crippen molar-refractivity contribution in [1.29, 1.82) is 0 Å². The van der Waals surface area contributed by atoms with Crippen molar-refractivity contribution >= 4 is 45.1 Å². The first-order valence-corrected chi connectivity index (χ1v) is 6.65. The number of methoxy groups -OCH3 is 1. The number of halogens is 2. The van der Waals surface area contributed by atoms with Gasteiger partial charge in [-0.15, -0.1) is 0 Å². The second-order valence-electron chi connectivity index (χ2n) is 3.78. The van der Waals surface area contributed by atoms with Gasteiger partial charge < -0.3 is 15.4 Å². The lowest BCUT2D eigenvalue weighted by atomic mass is 10.2. The zero-order valence-electron chi connectivity index (χ0n) is 10.5. The van der Waals surface area contributed by atoms with Gasteiger partial charge in [0.2, 0.25) is 5.91 Å². The summed E-state index contributed by atoms with van der Waals surface area (Å²) in [7, 11) is 1.27. The number of ether oxygens (including phenoxy) is 1. The molecule has 1 unspecified atom stereocenters. The average Bonchev–Trinajstić information content (AvgIpc) is 2.34. The van der Waals surface area contributed by atoms with E-state index in [1.807, 2.05) is 0 Å². The van der Waals surface area contributed by atoms with Gasteiger partial charge in [-0.25, -0.2) is 4.79 Å². The van der Waals surface area contributed by atoms with Crippen LogP contribution in [-0.2, 0) is 14.3 Å². The zero-order valence-corrected chi connectivity index (χ0v) is 12.8. The van der Waals surface area contributed by atoms with Gasteiger partial charge in [0.1, 0.15) is 6.04 Å². The summed E-state index contributed by atoms with van der Waals surface area (Å²) in [6, 6.07) is 4.48. The molecule has 7 heteroatoms. The molecule has 1 amide bonds. The Labute approximate surface area is 124 Å². The van der Waals surface area contributed by atoms with Crippen molar-refractivity contribution in [2.24, 2.45) is 0 Å². The third-order valence-electron chi connectivity index (χ3n) is 2.29. The highest BCUT2D eigenvalue weighted by Gasteiger charge is 2.20. The number of carbonyl (C=O) groups is 2. The highest BCUT2D eigenvalue weighted by atomic mass is 79.9. The van der Waals surface area contributed by atoms with E-state index in [2.05, 4.69) is 31.3 Å². The number of anilines is 1. The molecule has 2 N–H and O–H groups in total. The molecule has 0 aliphatic heterocycles. The van der Waals surface area contributed by atoms with Crippen molar-refractivity contribution in [3.8, 4) is 0 Å². The maximum absolute atomic E-state index is 11.5. The molecule has 0 aliphatic rings. The van der Waals surface area contributed by atoms with Crippen LogP contribution in [0.3, 0.4) is 0 Å². The Morgan fingerprint density at radius 1 is 1.47 bits per heavy atom. The number of rotatable bonds is 5. The summed E-state index contributed by atoms with van der Waals surface area (Å²) in [6.45, 7) is 1.56. The maximum atomic E-state index is 11.5. The van der Waals surface area contributed by atoms with Crippen molar-refractivity contribution in [1.82, 2.24) is 5.32 Å². The van der Waals surface area contributed by atoms with Crippen LogP contribution >= 0.6 is 27.5 Å². The fourth-order valence-electron chi connectivity index (χ4n) is 1.43. The summed E-state index contributed by atoms with van der Waals surface area (Å²) in [5.74, 6) is -0.805. The van der Waals surface area contributed by atoms with Gasteiger partial charge >= 0.3 is 5.97 Å². The summed E-state index contributed by atoms with van der Waals surface area (Å²) in [5, 5.41) is 6.15. The van der Waals surface area contributed by atoms with Gasteiger partial charge in [-0.2, -0.15) is 0 Å². The zero-order chi connectivity index (χ0) is 14.4. The van der Waals surface area contributed by atoms with Gasteiger partial charge in [0.25, 0.3) is 0 Å². The lowest BCUT2D eigenvalue weighted by Gasteiger charge is -2.17. The van der Waals surface area contributed by atoms with Crippen LogP contribution in [-0.4, -0.2) is 31.6 Å². The molecule has 0 aromatic heterocycles. The third-order valence-corrected chi connectivity index (χ3v) is 3.18. The van der Waals surface area contributed by atoms with Crippen molar-refractivity contribution in [2.75, 3.05) is 19.0 Å². The number of nitrogens with one attached hydrogen (secondary N) is 2. The Hall–Kier alpha value is -1.27. The first-order valence-electron chi connectivity index (χ1n) is 5.48. The normalized spacial score (nSPS) is 11.6. The molecule has 5 nitrogen and oxygen atoms in total. The van der Waals surface area contributed by atoms with Gasteiger partial charge in [0.15, 0.2) is 0 Å². The second-order valence-corrected chi connectivity index (χ2v) is 5.07. The number of carbonyl (C=O) groups excluding carboxylic acids is 2. The summed E-state index contributed by atoms with van der Waals surface area (Å²) >= 11 is 9.18. The van der Waals surface area contributed by atoms with Gasteiger partial charge in [-0.05, 0) is 34.1 Å². The molecular weight excluding hydrogens is 336 g/mol. The SMILES string of the molecule is COC(=O)C(CNc1ccc(Cl)cc1Br)NC(C)=O. The standard InChI is InChI=1S/C12H14BrClN2O3/c1-7(17)16-11(12(18)19-2)6-15-10-4-3-8(14)5-9(10)13/h3-5,11,15H,6H2,1-2H3,(H,16,17). The Morgan fingerprint density at radius 2 is 2.16 bits per heavy atom. The molecule has 1 aromatic carbocycles. The van der Waals surface area contributed by atoms with E-state index in [1.54, 1.807) is 18.2 Å². The van der Waals surface area contributed by atoms with E-state index in [-0.39, 0.29) is 12.5 Å². The largest absolute Gasteiger partial charge is 0.467 e. The Balaban J connectivity index is 2.70. The topological polar surface area (TPSA) is 67.4 Å². The van der Waals surface area contributed by atoms with Crippen LogP contribution in [0.25, 0.3) is 0 Å². The number of hydrogen-bond donors (Lipinski definition) is 2. The van der Waals surface area contributed by atoms with E-state index in [0.29, 0.717) is 5.02 Å². The van der Waals surface area contributed by atoms with Crippen molar-refractivity contribution in [3.05, 3.63) is 27.7 Å². The molecular formula is C12H14BrClN2O3. The van der Waals surface area contributed by atoms with Crippen molar-refractivity contribution in [2.45, 2.75) is 13.0 Å². The minimum absolute atomic E-state index is 0.215. The van der Waals surface area contributed by atoms with E-state index >= 15 is 0 Å². The molecule has 0 saturated carbocycles. The second kappa shape index (κ2) is 7.35. The average molecular weight is 350 g/mol. The molecule has 0 aliphatic carbocycles. The van der Waals surface area contributed by atoms with Crippen LogP contribution < -0.4 is 10.6 Å². The molecule has 0 heterocycles. The Kier molecular flexibility index (Phi) is 6.11. The molecule has 0 fully saturated rings. The van der Waals surface area contributed by atoms with Crippen molar-refractivity contribution < 1.29 is 14.3 Å².